The van der Waals surface area contributed by atoms with E-state index in [0.29, 0.717) is 6.42 Å². The van der Waals surface area contributed by atoms with Crippen LogP contribution in [0.1, 0.15) is 16.1 Å². The number of nitrogens with one attached hydrogen (secondary N) is 1. The summed E-state index contributed by atoms with van der Waals surface area (Å²) < 4.78 is 58.0. The Morgan fingerprint density at radius 3 is 2.56 bits per heavy atom. The summed E-state index contributed by atoms with van der Waals surface area (Å²) in [6.07, 6.45) is 1.64. The smallest absolute Gasteiger partial charge is 0.387 e. The van der Waals surface area contributed by atoms with E-state index >= 15 is 0 Å². The van der Waals surface area contributed by atoms with Crippen LogP contribution in [-0.4, -0.2) is 39.2 Å². The number of aryl methyl sites for hydroxylation is 1. The minimum Gasteiger partial charge on any atom is -0.493 e. The fourth-order valence-corrected chi connectivity index (χ4v) is 2.97. The van der Waals surface area contributed by atoms with Crippen molar-refractivity contribution < 1.29 is 31.5 Å². The Bertz CT molecular complexity index is 928. The van der Waals surface area contributed by atoms with Gasteiger partial charge in [0.15, 0.2) is 11.5 Å². The number of hydrogen-bond acceptors (Lipinski definition) is 5. The van der Waals surface area contributed by atoms with E-state index in [1.54, 1.807) is 6.07 Å². The highest BCUT2D eigenvalue weighted by Gasteiger charge is 2.17. The summed E-state index contributed by atoms with van der Waals surface area (Å²) in [6, 6.07) is 5.65. The fraction of sp³-hybridized carbons (Fsp3) is 0.312. The molecule has 2 rings (SSSR count). The maximum Gasteiger partial charge on any atom is 0.387 e. The van der Waals surface area contributed by atoms with Crippen LogP contribution in [0, 0.1) is 0 Å². The van der Waals surface area contributed by atoms with E-state index in [0.717, 1.165) is 5.56 Å². The highest BCUT2D eigenvalue weighted by atomic mass is 32.2. The maximum absolute atomic E-state index is 12.3. The van der Waals surface area contributed by atoms with Crippen molar-refractivity contribution in [2.24, 2.45) is 12.2 Å². The van der Waals surface area contributed by atoms with Crippen LogP contribution in [-0.2, 0) is 23.5 Å². The van der Waals surface area contributed by atoms with Gasteiger partial charge in [-0.2, -0.15) is 8.78 Å². The van der Waals surface area contributed by atoms with Gasteiger partial charge in [0.1, 0.15) is 10.6 Å². The monoisotopic (exact) mass is 403 g/mol. The van der Waals surface area contributed by atoms with E-state index in [-0.39, 0.29) is 28.6 Å². The lowest BCUT2D eigenvalue weighted by Gasteiger charge is -2.12. The lowest BCUT2D eigenvalue weighted by molar-refractivity contribution is -0.0512. The second-order valence-electron chi connectivity index (χ2n) is 5.59. The summed E-state index contributed by atoms with van der Waals surface area (Å²) in [5.41, 5.74) is 0.864. The highest BCUT2D eigenvalue weighted by molar-refractivity contribution is 7.89. The predicted molar refractivity (Wildman–Crippen MR) is 92.4 cm³/mol. The van der Waals surface area contributed by atoms with Gasteiger partial charge >= 0.3 is 6.61 Å². The molecule has 0 aliphatic carbocycles. The Labute approximate surface area is 154 Å². The standard InChI is InChI=1S/C16H19F2N3O5S/c1-21-9-11(27(19,23)24)8-12(21)15(22)20-6-5-10-3-4-13(26-16(17)18)14(7-10)25-2/h3-4,7-9,16H,5-6H2,1-2H3,(H,20,22)(H2,19,23,24). The van der Waals surface area contributed by atoms with E-state index in [9.17, 15) is 22.0 Å². The molecular formula is C16H19F2N3O5S. The lowest BCUT2D eigenvalue weighted by atomic mass is 10.1. The van der Waals surface area contributed by atoms with Crippen molar-refractivity contribution in [3.63, 3.8) is 0 Å². The molecule has 1 aromatic carbocycles. The van der Waals surface area contributed by atoms with Crippen molar-refractivity contribution in [3.8, 4) is 11.5 Å². The number of ether oxygens (including phenoxy) is 2. The molecule has 1 aromatic heterocycles. The Morgan fingerprint density at radius 2 is 2.00 bits per heavy atom. The van der Waals surface area contributed by atoms with Crippen molar-refractivity contribution in [1.29, 1.82) is 0 Å². The van der Waals surface area contributed by atoms with Crippen LogP contribution >= 0.6 is 0 Å². The third-order valence-corrected chi connectivity index (χ3v) is 4.56. The Kier molecular flexibility index (Phi) is 6.39. The molecule has 8 nitrogen and oxygen atoms in total. The van der Waals surface area contributed by atoms with Crippen molar-refractivity contribution in [3.05, 3.63) is 41.7 Å². The molecule has 0 spiro atoms. The second kappa shape index (κ2) is 8.35. The van der Waals surface area contributed by atoms with Crippen LogP contribution in [0.25, 0.3) is 0 Å². The average Bonchev–Trinajstić information content (AvgIpc) is 2.97. The van der Waals surface area contributed by atoms with Crippen molar-refractivity contribution >= 4 is 15.9 Å². The molecule has 3 N–H and O–H groups in total. The first-order valence-corrected chi connectivity index (χ1v) is 9.25. The number of nitrogens with zero attached hydrogens (tertiary/aromatic N) is 1. The predicted octanol–water partition coefficient (Wildman–Crippen LogP) is 1.26. The number of sulfonamides is 1. The van der Waals surface area contributed by atoms with Gasteiger partial charge in [-0.25, -0.2) is 13.6 Å². The molecule has 148 valence electrons. The minimum absolute atomic E-state index is 0.0837. The molecule has 11 heteroatoms. The summed E-state index contributed by atoms with van der Waals surface area (Å²) in [7, 11) is -1.05. The van der Waals surface area contributed by atoms with Gasteiger partial charge in [0.05, 0.1) is 7.11 Å². The van der Waals surface area contributed by atoms with Crippen molar-refractivity contribution in [2.45, 2.75) is 17.9 Å². The van der Waals surface area contributed by atoms with Crippen LogP contribution in [0.4, 0.5) is 8.78 Å². The zero-order valence-electron chi connectivity index (χ0n) is 14.6. The molecule has 1 amide bonds. The van der Waals surface area contributed by atoms with Crippen LogP contribution < -0.4 is 19.9 Å². The van der Waals surface area contributed by atoms with Crippen LogP contribution in [0.2, 0.25) is 0 Å². The first-order valence-electron chi connectivity index (χ1n) is 7.71. The number of aromatic nitrogens is 1. The number of amides is 1. The van der Waals surface area contributed by atoms with Crippen molar-refractivity contribution in [1.82, 2.24) is 9.88 Å². The van der Waals surface area contributed by atoms with Gasteiger partial charge in [-0.3, -0.25) is 4.79 Å². The summed E-state index contributed by atoms with van der Waals surface area (Å²) >= 11 is 0. The average molecular weight is 403 g/mol. The second-order valence-corrected chi connectivity index (χ2v) is 7.15. The zero-order chi connectivity index (χ0) is 20.2. The largest absolute Gasteiger partial charge is 0.493 e. The van der Waals surface area contributed by atoms with E-state index < -0.39 is 22.5 Å². The minimum atomic E-state index is -3.90. The molecule has 1 heterocycles. The fourth-order valence-electron chi connectivity index (χ4n) is 2.39. The molecule has 0 radical (unpaired) electrons. The molecule has 0 fully saturated rings. The summed E-state index contributed by atoms with van der Waals surface area (Å²) in [5.74, 6) is -0.406. The Morgan fingerprint density at radius 1 is 1.30 bits per heavy atom. The number of alkyl halides is 2. The molecule has 0 atom stereocenters. The number of primary sulfonamides is 1. The zero-order valence-corrected chi connectivity index (χ0v) is 15.4. The van der Waals surface area contributed by atoms with E-state index in [1.165, 1.54) is 43.1 Å². The topological polar surface area (TPSA) is 113 Å². The van der Waals surface area contributed by atoms with E-state index in [1.807, 2.05) is 0 Å². The van der Waals surface area contributed by atoms with Crippen LogP contribution in [0.3, 0.4) is 0 Å². The van der Waals surface area contributed by atoms with Gasteiger partial charge in [-0.05, 0) is 30.2 Å². The van der Waals surface area contributed by atoms with Gasteiger partial charge in [-0.1, -0.05) is 6.07 Å². The number of hydrogen-bond donors (Lipinski definition) is 2. The molecule has 0 saturated carbocycles. The SMILES string of the molecule is COc1cc(CCNC(=O)c2cc(S(N)(=O)=O)cn2C)ccc1OC(F)F. The Hall–Kier alpha value is -2.66. The van der Waals surface area contributed by atoms with E-state index in [2.05, 4.69) is 10.1 Å². The molecule has 0 saturated heterocycles. The first kappa shape index (κ1) is 20.6. The van der Waals surface area contributed by atoms with Gasteiger partial charge < -0.3 is 19.4 Å². The van der Waals surface area contributed by atoms with Crippen LogP contribution in [0.15, 0.2) is 35.4 Å². The van der Waals surface area contributed by atoms with Gasteiger partial charge in [0.2, 0.25) is 10.0 Å². The van der Waals surface area contributed by atoms with E-state index in [4.69, 9.17) is 9.88 Å². The molecule has 0 unspecified atom stereocenters. The maximum atomic E-state index is 12.3. The third-order valence-electron chi connectivity index (χ3n) is 3.68. The Balaban J connectivity index is 2.00. The number of methoxy groups -OCH3 is 1. The number of carbonyl (C=O) groups is 1. The molecular weight excluding hydrogens is 384 g/mol. The number of halogens is 2. The first-order chi connectivity index (χ1) is 12.6. The quantitative estimate of drug-likeness (QED) is 0.689. The molecule has 27 heavy (non-hydrogen) atoms. The molecule has 0 bridgehead atoms. The summed E-state index contributed by atoms with van der Waals surface area (Å²) in [6.45, 7) is -2.73. The lowest BCUT2D eigenvalue weighted by Crippen LogP contribution is -2.27. The van der Waals surface area contributed by atoms with Crippen LogP contribution in [0.5, 0.6) is 11.5 Å². The normalized spacial score (nSPS) is 11.5. The highest BCUT2D eigenvalue weighted by Crippen LogP contribution is 2.29. The van der Waals surface area contributed by atoms with Crippen molar-refractivity contribution in [2.75, 3.05) is 13.7 Å². The third kappa shape index (κ3) is 5.41. The van der Waals surface area contributed by atoms with Gasteiger partial charge in [0.25, 0.3) is 5.91 Å². The molecule has 0 aliphatic heterocycles. The number of nitrogens with two attached hydrogens (primary N) is 1. The number of rotatable bonds is 8. The number of benzene rings is 1. The molecule has 2 aromatic rings. The van der Waals surface area contributed by atoms with Gasteiger partial charge in [-0.15, -0.1) is 0 Å². The number of carbonyl (C=O) groups excluding carboxylic acids is 1. The van der Waals surface area contributed by atoms with Gasteiger partial charge in [0, 0.05) is 19.8 Å². The molecule has 0 aliphatic rings. The summed E-state index contributed by atoms with van der Waals surface area (Å²) in [5, 5.41) is 7.69. The summed E-state index contributed by atoms with van der Waals surface area (Å²) in [4.78, 5) is 12.0.